The first-order valence-electron chi connectivity index (χ1n) is 9.91. The highest BCUT2D eigenvalue weighted by molar-refractivity contribution is 5.85. The molecule has 1 N–H and O–H groups in total. The van der Waals surface area contributed by atoms with Crippen molar-refractivity contribution in [2.45, 2.75) is 32.5 Å². The van der Waals surface area contributed by atoms with E-state index in [-0.39, 0.29) is 19.0 Å². The Morgan fingerprint density at radius 2 is 1.45 bits per heavy atom. The number of hydrogen-bond donors (Lipinski definition) is 1. The fraction of sp³-hybridized carbons (Fsp3) is 0.435. The van der Waals surface area contributed by atoms with Crippen LogP contribution in [0.5, 0.6) is 0 Å². The quantitative estimate of drug-likeness (QED) is 0.527. The van der Waals surface area contributed by atoms with Gasteiger partial charge in [-0.1, -0.05) is 74.5 Å². The van der Waals surface area contributed by atoms with E-state index in [0.29, 0.717) is 24.3 Å². The van der Waals surface area contributed by atoms with Gasteiger partial charge in [-0.25, -0.2) is 4.79 Å². The highest BCUT2D eigenvalue weighted by atomic mass is 35.5. The minimum absolute atomic E-state index is 0. The van der Waals surface area contributed by atoms with Crippen molar-refractivity contribution in [2.75, 3.05) is 32.8 Å². The van der Waals surface area contributed by atoms with Gasteiger partial charge in [0, 0.05) is 13.2 Å². The number of hydrogen-bond acceptors (Lipinski definition) is 5. The number of aliphatic hydroxyl groups is 1. The van der Waals surface area contributed by atoms with Gasteiger partial charge in [-0.3, -0.25) is 0 Å². The molecule has 0 amide bonds. The van der Waals surface area contributed by atoms with Crippen LogP contribution < -0.4 is 12.4 Å². The number of benzene rings is 2. The zero-order valence-corrected chi connectivity index (χ0v) is 18.1. The number of esters is 1. The maximum absolute atomic E-state index is 13.3. The van der Waals surface area contributed by atoms with Gasteiger partial charge in [0.25, 0.3) is 0 Å². The third-order valence-electron chi connectivity index (χ3n) is 4.78. The summed E-state index contributed by atoms with van der Waals surface area (Å²) in [4.78, 5) is 15.4. The lowest BCUT2D eigenvalue weighted by atomic mass is 9.86. The van der Waals surface area contributed by atoms with Gasteiger partial charge in [-0.2, -0.15) is 0 Å². The van der Waals surface area contributed by atoms with E-state index in [4.69, 9.17) is 9.47 Å². The summed E-state index contributed by atoms with van der Waals surface area (Å²) in [5.41, 5.74) is 0.0317. The van der Waals surface area contributed by atoms with Gasteiger partial charge in [0.2, 0.25) is 5.60 Å². The van der Waals surface area contributed by atoms with Crippen molar-refractivity contribution in [1.29, 1.82) is 0 Å². The number of carbonyl (C=O) groups excluding carboxylic acids is 1. The molecule has 0 saturated carbocycles. The molecule has 29 heavy (non-hydrogen) atoms. The van der Waals surface area contributed by atoms with Crippen LogP contribution in [-0.4, -0.2) is 54.9 Å². The molecule has 160 valence electrons. The molecule has 0 saturated heterocycles. The lowest BCUT2D eigenvalue weighted by molar-refractivity contribution is -0.171. The fourth-order valence-electron chi connectivity index (χ4n) is 3.30. The predicted octanol–water partition coefficient (Wildman–Crippen LogP) is 0.217. The van der Waals surface area contributed by atoms with Gasteiger partial charge in [0.15, 0.2) is 0 Å². The lowest BCUT2D eigenvalue weighted by Gasteiger charge is -2.33. The Bertz CT molecular complexity index is 668. The molecule has 2 aromatic carbocycles. The van der Waals surface area contributed by atoms with Crippen LogP contribution in [0.1, 0.15) is 31.9 Å². The Hall–Kier alpha value is -1.92. The normalized spacial score (nSPS) is 12.3. The van der Waals surface area contributed by atoms with Crippen LogP contribution in [0, 0.1) is 0 Å². The van der Waals surface area contributed by atoms with Crippen molar-refractivity contribution in [3.05, 3.63) is 71.8 Å². The van der Waals surface area contributed by atoms with Gasteiger partial charge >= 0.3 is 5.97 Å². The van der Waals surface area contributed by atoms with Gasteiger partial charge in [-0.15, -0.1) is 0 Å². The average molecular weight is 421 g/mol. The third kappa shape index (κ3) is 6.28. The first-order chi connectivity index (χ1) is 13.6. The number of halogens is 1. The number of aliphatic hydroxyl groups excluding tert-OH is 1. The zero-order valence-electron chi connectivity index (χ0n) is 17.4. The minimum Gasteiger partial charge on any atom is -1.00 e. The first-order valence-corrected chi connectivity index (χ1v) is 9.91. The Kier molecular flexibility index (Phi) is 10.9. The number of carbonyl (C=O) groups is 1. The van der Waals surface area contributed by atoms with E-state index in [1.807, 2.05) is 81.4 Å². The molecule has 0 aliphatic rings. The van der Waals surface area contributed by atoms with Crippen molar-refractivity contribution >= 4 is 5.97 Å². The lowest BCUT2D eigenvalue weighted by Crippen LogP contribution is -3.00. The van der Waals surface area contributed by atoms with E-state index in [1.165, 1.54) is 0 Å². The van der Waals surface area contributed by atoms with E-state index < -0.39 is 17.7 Å². The van der Waals surface area contributed by atoms with Crippen LogP contribution in [0.15, 0.2) is 60.7 Å². The molecule has 1 unspecified atom stereocenters. The Balaban J connectivity index is 0.00000420. The second-order valence-corrected chi connectivity index (χ2v) is 6.58. The topological polar surface area (TPSA) is 59.0 Å². The highest BCUT2D eigenvalue weighted by Crippen LogP contribution is 2.35. The summed E-state index contributed by atoms with van der Waals surface area (Å²) in [6.07, 6.45) is -0.755. The Morgan fingerprint density at radius 1 is 0.966 bits per heavy atom. The molecule has 0 aliphatic carbocycles. The van der Waals surface area contributed by atoms with Crippen LogP contribution in [0.4, 0.5) is 0 Å². The summed E-state index contributed by atoms with van der Waals surface area (Å²) in [7, 11) is 0. The van der Waals surface area contributed by atoms with Crippen LogP contribution in [-0.2, 0) is 19.9 Å². The fourth-order valence-corrected chi connectivity index (χ4v) is 3.30. The molecule has 5 nitrogen and oxygen atoms in total. The van der Waals surface area contributed by atoms with Gasteiger partial charge < -0.3 is 31.9 Å². The third-order valence-corrected chi connectivity index (χ3v) is 4.78. The summed E-state index contributed by atoms with van der Waals surface area (Å²) in [6, 6.07) is 18.7. The second kappa shape index (κ2) is 12.6. The van der Waals surface area contributed by atoms with E-state index in [9.17, 15) is 9.90 Å². The van der Waals surface area contributed by atoms with E-state index >= 15 is 0 Å². The summed E-state index contributed by atoms with van der Waals surface area (Å²) < 4.78 is 11.6. The molecule has 0 fully saturated rings. The smallest absolute Gasteiger partial charge is 0.347 e. The minimum atomic E-state index is -1.37. The summed E-state index contributed by atoms with van der Waals surface area (Å²) in [5.74, 6) is -0.523. The van der Waals surface area contributed by atoms with Gasteiger partial charge in [0.05, 0.1) is 0 Å². The average Bonchev–Trinajstić information content (AvgIpc) is 2.75. The van der Waals surface area contributed by atoms with Gasteiger partial charge in [0.1, 0.15) is 12.7 Å². The monoisotopic (exact) mass is 420 g/mol. The number of rotatable bonds is 11. The molecule has 1 atom stereocenters. The summed E-state index contributed by atoms with van der Waals surface area (Å²) >= 11 is 0. The zero-order chi connectivity index (χ0) is 20.4. The molecule has 0 aliphatic heterocycles. The SMILES string of the molecule is CCOC(C(=O)OCC(O)CN(CC)CC)(c1ccccc1)c1ccccc1.[Cl-]. The molecule has 6 heteroatoms. The molecule has 0 heterocycles. The highest BCUT2D eigenvalue weighted by Gasteiger charge is 2.45. The molecular formula is C23H31ClNO4-. The molecule has 2 rings (SSSR count). The van der Waals surface area contributed by atoms with Crippen LogP contribution in [0.3, 0.4) is 0 Å². The van der Waals surface area contributed by atoms with Crippen molar-refractivity contribution < 1.29 is 31.8 Å². The predicted molar refractivity (Wildman–Crippen MR) is 110 cm³/mol. The number of nitrogens with zero attached hydrogens (tertiary/aromatic N) is 1. The molecule has 0 bridgehead atoms. The Labute approximate surface area is 180 Å². The maximum Gasteiger partial charge on any atom is 0.347 e. The summed E-state index contributed by atoms with van der Waals surface area (Å²) in [6.45, 7) is 8.30. The molecule has 2 aromatic rings. The van der Waals surface area contributed by atoms with E-state index in [1.54, 1.807) is 0 Å². The van der Waals surface area contributed by atoms with Gasteiger partial charge in [-0.05, 0) is 31.1 Å². The Morgan fingerprint density at radius 3 is 1.86 bits per heavy atom. The summed E-state index contributed by atoms with van der Waals surface area (Å²) in [5, 5.41) is 10.3. The van der Waals surface area contributed by atoms with Crippen molar-refractivity contribution in [3.63, 3.8) is 0 Å². The largest absolute Gasteiger partial charge is 1.00 e. The number of likely N-dealkylation sites (N-methyl/N-ethyl adjacent to an activating group) is 1. The standard InChI is InChI=1S/C23H31NO4.ClH/c1-4-24(5-2)17-21(25)18-27-22(26)23(28-6-3,19-13-9-7-10-14-19)20-15-11-8-12-16-20;/h7-16,21,25H,4-6,17-18H2,1-3H3;1H/p-1. The first kappa shape index (κ1) is 25.1. The van der Waals surface area contributed by atoms with Crippen LogP contribution in [0.25, 0.3) is 0 Å². The van der Waals surface area contributed by atoms with Crippen molar-refractivity contribution in [1.82, 2.24) is 4.90 Å². The molecule has 0 spiro atoms. The van der Waals surface area contributed by atoms with Crippen molar-refractivity contribution in [3.8, 4) is 0 Å². The molecule has 0 aromatic heterocycles. The maximum atomic E-state index is 13.3. The molecular weight excluding hydrogens is 390 g/mol. The molecule has 0 radical (unpaired) electrons. The number of ether oxygens (including phenoxy) is 2. The van der Waals surface area contributed by atoms with Crippen LogP contribution in [0.2, 0.25) is 0 Å². The van der Waals surface area contributed by atoms with E-state index in [0.717, 1.165) is 13.1 Å². The van der Waals surface area contributed by atoms with Crippen LogP contribution >= 0.6 is 0 Å². The van der Waals surface area contributed by atoms with E-state index in [2.05, 4.69) is 4.90 Å². The second-order valence-electron chi connectivity index (χ2n) is 6.58. The van der Waals surface area contributed by atoms with Crippen molar-refractivity contribution in [2.24, 2.45) is 0 Å².